The van der Waals surface area contributed by atoms with E-state index in [-0.39, 0.29) is 11.5 Å². The molecule has 5 heteroatoms. The number of nitrogens with two attached hydrogens (primary N) is 1. The van der Waals surface area contributed by atoms with E-state index in [0.29, 0.717) is 5.82 Å². The van der Waals surface area contributed by atoms with E-state index in [4.69, 9.17) is 10.3 Å². The van der Waals surface area contributed by atoms with Gasteiger partial charge >= 0.3 is 0 Å². The van der Waals surface area contributed by atoms with E-state index in [1.807, 2.05) is 0 Å². The van der Waals surface area contributed by atoms with Crippen LogP contribution in [0.4, 0.5) is 0 Å². The second-order valence-electron chi connectivity index (χ2n) is 7.05. The molecule has 2 N–H and O–H groups in total. The summed E-state index contributed by atoms with van der Waals surface area (Å²) in [6, 6.07) is -0.132. The Balaban J connectivity index is 1.63. The van der Waals surface area contributed by atoms with E-state index < -0.39 is 0 Å². The Bertz CT molecular complexity index is 447. The Hall–Kier alpha value is -0.940. The Morgan fingerprint density at radius 1 is 1.14 bits per heavy atom. The van der Waals surface area contributed by atoms with Gasteiger partial charge in [-0.2, -0.15) is 4.98 Å². The highest BCUT2D eigenvalue weighted by Crippen LogP contribution is 2.38. The van der Waals surface area contributed by atoms with Gasteiger partial charge < -0.3 is 15.2 Å². The van der Waals surface area contributed by atoms with Crippen LogP contribution in [-0.4, -0.2) is 34.7 Å². The largest absolute Gasteiger partial charge is 0.339 e. The SMILES string of the molecule is CC1(c2nc(C(N)CN3CCCCC3)no2)CCCCC1. The molecule has 0 bridgehead atoms. The summed E-state index contributed by atoms with van der Waals surface area (Å²) >= 11 is 0. The van der Waals surface area contributed by atoms with E-state index in [0.717, 1.165) is 38.4 Å². The van der Waals surface area contributed by atoms with Crippen molar-refractivity contribution in [3.8, 4) is 0 Å². The lowest BCUT2D eigenvalue weighted by Crippen LogP contribution is -2.36. The van der Waals surface area contributed by atoms with Gasteiger partial charge in [0.05, 0.1) is 6.04 Å². The van der Waals surface area contributed by atoms with Crippen LogP contribution in [0.3, 0.4) is 0 Å². The summed E-state index contributed by atoms with van der Waals surface area (Å²) in [7, 11) is 0. The smallest absolute Gasteiger partial charge is 0.232 e. The van der Waals surface area contributed by atoms with Crippen molar-refractivity contribution in [1.29, 1.82) is 0 Å². The standard InChI is InChI=1S/C16H28N4O/c1-16(8-4-2-5-9-16)15-18-14(19-21-15)13(17)12-20-10-6-3-7-11-20/h13H,2-12,17H2,1H3. The Morgan fingerprint density at radius 3 is 2.52 bits per heavy atom. The average molecular weight is 292 g/mol. The van der Waals surface area contributed by atoms with Crippen molar-refractivity contribution in [3.63, 3.8) is 0 Å². The summed E-state index contributed by atoms with van der Waals surface area (Å²) in [6.45, 7) is 5.39. The van der Waals surface area contributed by atoms with Crippen molar-refractivity contribution >= 4 is 0 Å². The molecule has 1 saturated carbocycles. The highest BCUT2D eigenvalue weighted by molar-refractivity contribution is 5.06. The summed E-state index contributed by atoms with van der Waals surface area (Å²) < 4.78 is 5.56. The first-order valence-electron chi connectivity index (χ1n) is 8.49. The fourth-order valence-corrected chi connectivity index (χ4v) is 3.68. The highest BCUT2D eigenvalue weighted by Gasteiger charge is 2.35. The first kappa shape index (κ1) is 15.0. The molecule has 1 aliphatic carbocycles. The molecule has 2 heterocycles. The van der Waals surface area contributed by atoms with Crippen molar-refractivity contribution in [2.75, 3.05) is 19.6 Å². The predicted molar refractivity (Wildman–Crippen MR) is 82.0 cm³/mol. The van der Waals surface area contributed by atoms with Gasteiger partial charge in [0, 0.05) is 12.0 Å². The third-order valence-electron chi connectivity index (χ3n) is 5.15. The topological polar surface area (TPSA) is 68.2 Å². The van der Waals surface area contributed by atoms with E-state index in [9.17, 15) is 0 Å². The molecule has 1 aliphatic heterocycles. The van der Waals surface area contributed by atoms with Crippen LogP contribution in [0.2, 0.25) is 0 Å². The molecule has 1 saturated heterocycles. The summed E-state index contributed by atoms with van der Waals surface area (Å²) in [5.74, 6) is 1.48. The van der Waals surface area contributed by atoms with Gasteiger partial charge in [0.1, 0.15) is 0 Å². The molecule has 1 aromatic rings. The maximum absolute atomic E-state index is 6.29. The summed E-state index contributed by atoms with van der Waals surface area (Å²) in [4.78, 5) is 7.06. The van der Waals surface area contributed by atoms with Crippen LogP contribution in [0.15, 0.2) is 4.52 Å². The predicted octanol–water partition coefficient (Wildman–Crippen LogP) is 2.78. The van der Waals surface area contributed by atoms with E-state index in [2.05, 4.69) is 22.0 Å². The first-order chi connectivity index (χ1) is 10.2. The average Bonchev–Trinajstić information content (AvgIpc) is 3.00. The quantitative estimate of drug-likeness (QED) is 0.924. The molecule has 0 spiro atoms. The van der Waals surface area contributed by atoms with E-state index in [1.54, 1.807) is 0 Å². The fraction of sp³-hybridized carbons (Fsp3) is 0.875. The summed E-state index contributed by atoms with van der Waals surface area (Å²) in [5.41, 5.74) is 6.35. The zero-order valence-corrected chi connectivity index (χ0v) is 13.2. The Morgan fingerprint density at radius 2 is 1.81 bits per heavy atom. The van der Waals surface area contributed by atoms with Crippen molar-refractivity contribution in [2.24, 2.45) is 5.73 Å². The molecule has 118 valence electrons. The lowest BCUT2D eigenvalue weighted by molar-refractivity contribution is 0.212. The van der Waals surface area contributed by atoms with Gasteiger partial charge in [-0.1, -0.05) is 37.8 Å². The van der Waals surface area contributed by atoms with Crippen LogP contribution in [0.5, 0.6) is 0 Å². The first-order valence-corrected chi connectivity index (χ1v) is 8.49. The summed E-state index contributed by atoms with van der Waals surface area (Å²) in [5, 5.41) is 4.16. The van der Waals surface area contributed by atoms with Crippen LogP contribution in [0.25, 0.3) is 0 Å². The van der Waals surface area contributed by atoms with Gasteiger partial charge in [-0.3, -0.25) is 0 Å². The molecule has 1 atom stereocenters. The molecule has 0 amide bonds. The van der Waals surface area contributed by atoms with Gasteiger partial charge in [0.15, 0.2) is 5.82 Å². The van der Waals surface area contributed by atoms with Crippen LogP contribution in [-0.2, 0) is 5.41 Å². The van der Waals surface area contributed by atoms with Crippen molar-refractivity contribution in [1.82, 2.24) is 15.0 Å². The number of aromatic nitrogens is 2. The zero-order chi connectivity index (χ0) is 14.7. The van der Waals surface area contributed by atoms with Crippen LogP contribution in [0.1, 0.15) is 76.0 Å². The molecule has 21 heavy (non-hydrogen) atoms. The van der Waals surface area contributed by atoms with E-state index in [1.165, 1.54) is 38.5 Å². The molecule has 5 nitrogen and oxygen atoms in total. The number of rotatable bonds is 4. The molecule has 0 aromatic carbocycles. The minimum atomic E-state index is -0.132. The second-order valence-corrected chi connectivity index (χ2v) is 7.05. The molecule has 1 unspecified atom stereocenters. The minimum absolute atomic E-state index is 0.0638. The molecular weight excluding hydrogens is 264 g/mol. The van der Waals surface area contributed by atoms with Gasteiger partial charge in [0.25, 0.3) is 0 Å². The normalized spacial score (nSPS) is 24.9. The lowest BCUT2D eigenvalue weighted by Gasteiger charge is -2.29. The highest BCUT2D eigenvalue weighted by atomic mass is 16.5. The molecule has 0 radical (unpaired) electrons. The van der Waals surface area contributed by atoms with Gasteiger partial charge in [0.2, 0.25) is 5.89 Å². The number of piperidine rings is 1. The number of likely N-dealkylation sites (tertiary alicyclic amines) is 1. The van der Waals surface area contributed by atoms with E-state index >= 15 is 0 Å². The minimum Gasteiger partial charge on any atom is -0.339 e. The van der Waals surface area contributed by atoms with Crippen molar-refractivity contribution in [2.45, 2.75) is 69.7 Å². The molecule has 1 aromatic heterocycles. The van der Waals surface area contributed by atoms with Crippen molar-refractivity contribution < 1.29 is 4.52 Å². The summed E-state index contributed by atoms with van der Waals surface area (Å²) in [6.07, 6.45) is 10.0. The number of hydrogen-bond donors (Lipinski definition) is 1. The zero-order valence-electron chi connectivity index (χ0n) is 13.2. The van der Waals surface area contributed by atoms with Crippen molar-refractivity contribution in [3.05, 3.63) is 11.7 Å². The molecular formula is C16H28N4O. The Kier molecular flexibility index (Phi) is 4.60. The third kappa shape index (κ3) is 3.46. The lowest BCUT2D eigenvalue weighted by atomic mass is 9.75. The molecule has 3 rings (SSSR count). The second kappa shape index (κ2) is 6.44. The third-order valence-corrected chi connectivity index (χ3v) is 5.15. The monoisotopic (exact) mass is 292 g/mol. The maximum atomic E-state index is 6.29. The maximum Gasteiger partial charge on any atom is 0.232 e. The Labute approximate surface area is 127 Å². The van der Waals surface area contributed by atoms with Gasteiger partial charge in [-0.05, 0) is 38.8 Å². The number of nitrogens with zero attached hydrogens (tertiary/aromatic N) is 3. The van der Waals surface area contributed by atoms with Crippen LogP contribution >= 0.6 is 0 Å². The van der Waals surface area contributed by atoms with Crippen LogP contribution in [0, 0.1) is 0 Å². The molecule has 2 aliphatic rings. The van der Waals surface area contributed by atoms with Crippen LogP contribution < -0.4 is 5.73 Å². The fourth-order valence-electron chi connectivity index (χ4n) is 3.68. The van der Waals surface area contributed by atoms with Gasteiger partial charge in [-0.25, -0.2) is 0 Å². The number of hydrogen-bond acceptors (Lipinski definition) is 5. The van der Waals surface area contributed by atoms with Gasteiger partial charge in [-0.15, -0.1) is 0 Å². The molecule has 2 fully saturated rings.